The van der Waals surface area contributed by atoms with Gasteiger partial charge in [-0.25, -0.2) is 13.2 Å². The van der Waals surface area contributed by atoms with Gasteiger partial charge in [0.05, 0.1) is 18.4 Å². The lowest BCUT2D eigenvalue weighted by atomic mass is 9.98. The smallest absolute Gasteiger partial charge is 0.338 e. The van der Waals surface area contributed by atoms with Crippen LogP contribution in [-0.4, -0.2) is 44.8 Å². The van der Waals surface area contributed by atoms with E-state index >= 15 is 0 Å². The second-order valence-electron chi connectivity index (χ2n) is 10.6. The largest absolute Gasteiger partial charge is 0.462 e. The standard InChI is InChI=1S/C32H39N3O4S/c1-6-39-32(36)25-11-14-30-29(20-25)28(31(34-30)26-18-21(2)17-22(3)19-26)15-16-33-23(4)7-8-24-9-12-27(13-10-24)35-40(5,37)38/h9-14,17-20,23,33-35H,6-8,15-16H2,1-5H3. The van der Waals surface area contributed by atoms with Crippen molar-refractivity contribution in [1.29, 1.82) is 0 Å². The molecule has 0 aliphatic carbocycles. The molecule has 0 saturated heterocycles. The van der Waals surface area contributed by atoms with Gasteiger partial charge < -0.3 is 15.0 Å². The van der Waals surface area contributed by atoms with Crippen LogP contribution in [0.25, 0.3) is 22.2 Å². The van der Waals surface area contributed by atoms with Gasteiger partial charge in [-0.2, -0.15) is 0 Å². The number of esters is 1. The van der Waals surface area contributed by atoms with E-state index in [0.717, 1.165) is 59.8 Å². The summed E-state index contributed by atoms with van der Waals surface area (Å²) in [6.07, 6.45) is 3.78. The highest BCUT2D eigenvalue weighted by Gasteiger charge is 2.17. The van der Waals surface area contributed by atoms with Crippen molar-refractivity contribution in [3.05, 3.63) is 88.5 Å². The van der Waals surface area contributed by atoms with Gasteiger partial charge in [0, 0.05) is 28.3 Å². The Kier molecular flexibility index (Phi) is 9.32. The summed E-state index contributed by atoms with van der Waals surface area (Å²) in [6.45, 7) is 9.33. The minimum absolute atomic E-state index is 0.291. The number of aromatic amines is 1. The molecule has 0 aliphatic rings. The van der Waals surface area contributed by atoms with Gasteiger partial charge in [0.1, 0.15) is 0 Å². The van der Waals surface area contributed by atoms with Crippen LogP contribution in [-0.2, 0) is 27.6 Å². The summed E-state index contributed by atoms with van der Waals surface area (Å²) in [4.78, 5) is 16.1. The first-order valence-electron chi connectivity index (χ1n) is 13.7. The van der Waals surface area contributed by atoms with Crippen molar-refractivity contribution >= 4 is 32.6 Å². The van der Waals surface area contributed by atoms with Gasteiger partial charge in [0.15, 0.2) is 0 Å². The Morgan fingerprint density at radius 2 is 1.68 bits per heavy atom. The molecule has 0 amide bonds. The van der Waals surface area contributed by atoms with Gasteiger partial charge >= 0.3 is 5.97 Å². The Hall–Kier alpha value is -3.62. The molecular weight excluding hydrogens is 522 g/mol. The van der Waals surface area contributed by atoms with Gasteiger partial charge in [-0.1, -0.05) is 29.3 Å². The zero-order valence-corrected chi connectivity index (χ0v) is 24.7. The number of hydrogen-bond donors (Lipinski definition) is 3. The fourth-order valence-corrected chi connectivity index (χ4v) is 5.66. The lowest BCUT2D eigenvalue weighted by Crippen LogP contribution is -2.28. The molecule has 0 saturated carbocycles. The predicted octanol–water partition coefficient (Wildman–Crippen LogP) is 6.15. The number of carbonyl (C=O) groups is 1. The summed E-state index contributed by atoms with van der Waals surface area (Å²) in [6, 6.07) is 20.1. The summed E-state index contributed by atoms with van der Waals surface area (Å²) in [5.41, 5.74) is 9.11. The van der Waals surface area contributed by atoms with Gasteiger partial charge in [0.25, 0.3) is 0 Å². The number of aryl methyl sites for hydroxylation is 3. The minimum Gasteiger partial charge on any atom is -0.462 e. The number of anilines is 1. The third-order valence-corrected chi connectivity index (χ3v) is 7.53. The van der Waals surface area contributed by atoms with Gasteiger partial charge in [-0.05, 0) is 113 Å². The van der Waals surface area contributed by atoms with Crippen LogP contribution in [0.4, 0.5) is 5.69 Å². The summed E-state index contributed by atoms with van der Waals surface area (Å²) >= 11 is 0. The number of benzene rings is 3. The molecule has 0 radical (unpaired) electrons. The van der Waals surface area contributed by atoms with Crippen LogP contribution in [0, 0.1) is 13.8 Å². The van der Waals surface area contributed by atoms with Crippen LogP contribution < -0.4 is 10.0 Å². The summed E-state index contributed by atoms with van der Waals surface area (Å²) in [5.74, 6) is -0.309. The zero-order valence-electron chi connectivity index (χ0n) is 23.9. The van der Waals surface area contributed by atoms with Gasteiger partial charge in [0.2, 0.25) is 10.0 Å². The molecule has 1 atom stereocenters. The third kappa shape index (κ3) is 7.73. The first kappa shape index (κ1) is 29.4. The van der Waals surface area contributed by atoms with E-state index in [1.165, 1.54) is 16.7 Å². The van der Waals surface area contributed by atoms with Crippen LogP contribution in [0.5, 0.6) is 0 Å². The number of carbonyl (C=O) groups excluding carboxylic acids is 1. The first-order valence-corrected chi connectivity index (χ1v) is 15.6. The molecule has 4 aromatic rings. The summed E-state index contributed by atoms with van der Waals surface area (Å²) in [5, 5.41) is 4.70. The topological polar surface area (TPSA) is 100 Å². The molecule has 0 fully saturated rings. The maximum Gasteiger partial charge on any atom is 0.338 e. The van der Waals surface area contributed by atoms with Crippen molar-refractivity contribution < 1.29 is 17.9 Å². The Labute approximate surface area is 237 Å². The molecule has 3 aromatic carbocycles. The Bertz CT molecular complexity index is 1570. The molecule has 0 aliphatic heterocycles. The summed E-state index contributed by atoms with van der Waals surface area (Å²) in [7, 11) is -3.28. The molecule has 4 rings (SSSR count). The van der Waals surface area contributed by atoms with E-state index in [9.17, 15) is 13.2 Å². The van der Waals surface area contributed by atoms with E-state index in [4.69, 9.17) is 4.74 Å². The van der Waals surface area contributed by atoms with Crippen LogP contribution in [0.3, 0.4) is 0 Å². The number of H-pyrrole nitrogens is 1. The van der Waals surface area contributed by atoms with Crippen molar-refractivity contribution in [1.82, 2.24) is 10.3 Å². The van der Waals surface area contributed by atoms with Crippen LogP contribution >= 0.6 is 0 Å². The normalized spacial score (nSPS) is 12.4. The highest BCUT2D eigenvalue weighted by Crippen LogP contribution is 2.32. The van der Waals surface area contributed by atoms with E-state index in [1.54, 1.807) is 12.1 Å². The van der Waals surface area contributed by atoms with Crippen LogP contribution in [0.15, 0.2) is 60.7 Å². The van der Waals surface area contributed by atoms with Gasteiger partial charge in [-0.3, -0.25) is 4.72 Å². The number of fused-ring (bicyclic) bond motifs is 1. The fourth-order valence-electron chi connectivity index (χ4n) is 5.10. The average Bonchev–Trinajstić information content (AvgIpc) is 3.25. The van der Waals surface area contributed by atoms with E-state index in [0.29, 0.717) is 23.9 Å². The SMILES string of the molecule is CCOC(=O)c1ccc2[nH]c(-c3cc(C)cc(C)c3)c(CCNC(C)CCc3ccc(NS(C)(=O)=O)cc3)c2c1. The monoisotopic (exact) mass is 561 g/mol. The number of sulfonamides is 1. The van der Waals surface area contributed by atoms with Gasteiger partial charge in [-0.15, -0.1) is 0 Å². The highest BCUT2D eigenvalue weighted by molar-refractivity contribution is 7.92. The Balaban J connectivity index is 1.48. The Morgan fingerprint density at radius 3 is 2.33 bits per heavy atom. The number of hydrogen-bond acceptors (Lipinski definition) is 5. The second kappa shape index (κ2) is 12.7. The maximum absolute atomic E-state index is 12.5. The highest BCUT2D eigenvalue weighted by atomic mass is 32.2. The molecule has 8 heteroatoms. The van der Waals surface area contributed by atoms with E-state index in [1.807, 2.05) is 37.3 Å². The molecule has 1 unspecified atom stereocenters. The molecule has 1 heterocycles. The van der Waals surface area contributed by atoms with Crippen molar-refractivity contribution in [2.24, 2.45) is 0 Å². The van der Waals surface area contributed by atoms with E-state index in [2.05, 4.69) is 54.0 Å². The molecule has 0 spiro atoms. The maximum atomic E-state index is 12.5. The van der Waals surface area contributed by atoms with E-state index < -0.39 is 10.0 Å². The lowest BCUT2D eigenvalue weighted by Gasteiger charge is -2.15. The Morgan fingerprint density at radius 1 is 0.975 bits per heavy atom. The number of nitrogens with one attached hydrogen (secondary N) is 3. The molecule has 40 heavy (non-hydrogen) atoms. The molecule has 0 bridgehead atoms. The average molecular weight is 562 g/mol. The van der Waals surface area contributed by atoms with Crippen molar-refractivity contribution in [3.63, 3.8) is 0 Å². The molecule has 212 valence electrons. The molecular formula is C32H39N3O4S. The van der Waals surface area contributed by atoms with Crippen molar-refractivity contribution in [2.45, 2.75) is 53.0 Å². The molecule has 1 aromatic heterocycles. The van der Waals surface area contributed by atoms with Crippen LogP contribution in [0.2, 0.25) is 0 Å². The van der Waals surface area contributed by atoms with Crippen molar-refractivity contribution in [3.8, 4) is 11.3 Å². The zero-order chi connectivity index (χ0) is 28.9. The summed E-state index contributed by atoms with van der Waals surface area (Å²) < 4.78 is 30.6. The second-order valence-corrected chi connectivity index (χ2v) is 12.3. The molecule has 7 nitrogen and oxygen atoms in total. The number of ether oxygens (including phenoxy) is 1. The first-order chi connectivity index (χ1) is 19.0. The van der Waals surface area contributed by atoms with E-state index in [-0.39, 0.29) is 5.97 Å². The van der Waals surface area contributed by atoms with Crippen molar-refractivity contribution in [2.75, 3.05) is 24.1 Å². The number of aromatic nitrogens is 1. The lowest BCUT2D eigenvalue weighted by molar-refractivity contribution is 0.0526. The minimum atomic E-state index is -3.28. The number of rotatable bonds is 12. The molecule has 3 N–H and O–H groups in total. The fraction of sp³-hybridized carbons (Fsp3) is 0.344. The predicted molar refractivity (Wildman–Crippen MR) is 164 cm³/mol. The quantitative estimate of drug-likeness (QED) is 0.180. The van der Waals surface area contributed by atoms with Crippen LogP contribution in [0.1, 0.15) is 52.9 Å². The third-order valence-electron chi connectivity index (χ3n) is 6.92.